The minimum atomic E-state index is -0.117. The van der Waals surface area contributed by atoms with Crippen LogP contribution in [0.5, 0.6) is 0 Å². The number of amides is 1. The molecule has 25 heavy (non-hydrogen) atoms. The Labute approximate surface area is 160 Å². The number of carbonyl (C=O) groups excluding carboxylic acids is 1. The number of hydrogen-bond acceptors (Lipinski definition) is 5. The summed E-state index contributed by atoms with van der Waals surface area (Å²) < 4.78 is 1.05. The van der Waals surface area contributed by atoms with Gasteiger partial charge in [-0.15, -0.1) is 0 Å². The molecule has 0 aliphatic carbocycles. The molecule has 1 atom stereocenters. The van der Waals surface area contributed by atoms with Gasteiger partial charge in [-0.2, -0.15) is 0 Å². The van der Waals surface area contributed by atoms with Crippen LogP contribution < -0.4 is 4.90 Å². The Balaban J connectivity index is 1.71. The molecule has 3 nitrogen and oxygen atoms in total. The monoisotopic (exact) mass is 386 g/mol. The van der Waals surface area contributed by atoms with Crippen molar-refractivity contribution in [2.45, 2.75) is 28.4 Å². The molecule has 2 heterocycles. The molecule has 128 valence electrons. The zero-order valence-corrected chi connectivity index (χ0v) is 16.3. The summed E-state index contributed by atoms with van der Waals surface area (Å²) in [5.74, 6) is 1.17. The Kier molecular flexibility index (Phi) is 5.10. The fourth-order valence-electron chi connectivity index (χ4n) is 2.90. The lowest BCUT2D eigenvalue weighted by atomic mass is 10.2. The third kappa shape index (κ3) is 3.35. The fourth-order valence-corrected chi connectivity index (χ4v) is 6.15. The topological polar surface area (TPSA) is 32.7 Å². The lowest BCUT2D eigenvalue weighted by molar-refractivity contribution is -0.117. The first-order valence-corrected chi connectivity index (χ1v) is 11.0. The summed E-state index contributed by atoms with van der Waals surface area (Å²) >= 11 is 5.11. The summed E-state index contributed by atoms with van der Waals surface area (Å²) in [7, 11) is 0. The minimum Gasteiger partial charge on any atom is -0.278 e. The highest BCUT2D eigenvalue weighted by Gasteiger charge is 2.33. The second-order valence-electron chi connectivity index (χ2n) is 5.72. The van der Waals surface area contributed by atoms with E-state index in [1.54, 1.807) is 35.3 Å². The van der Waals surface area contributed by atoms with Crippen molar-refractivity contribution < 1.29 is 4.79 Å². The van der Waals surface area contributed by atoms with E-state index in [1.165, 1.54) is 0 Å². The predicted octanol–water partition coefficient (Wildman–Crippen LogP) is 5.43. The van der Waals surface area contributed by atoms with Crippen LogP contribution in [0.3, 0.4) is 0 Å². The molecule has 2 aromatic rings. The van der Waals surface area contributed by atoms with E-state index in [4.69, 9.17) is 0 Å². The van der Waals surface area contributed by atoms with Crippen LogP contribution in [0, 0.1) is 0 Å². The van der Waals surface area contributed by atoms with Gasteiger partial charge in [-0.3, -0.25) is 14.7 Å². The Hall–Kier alpha value is -1.37. The highest BCUT2D eigenvalue weighted by atomic mass is 32.2. The van der Waals surface area contributed by atoms with Crippen LogP contribution >= 0.6 is 35.3 Å². The Morgan fingerprint density at radius 3 is 2.36 bits per heavy atom. The Morgan fingerprint density at radius 2 is 1.80 bits per heavy atom. The average Bonchev–Trinajstić information content (AvgIpc) is 3.16. The Morgan fingerprint density at radius 1 is 1.16 bits per heavy atom. The molecule has 0 spiro atoms. The molecule has 2 aliphatic heterocycles. The number of hydrogen-bond donors (Lipinski definition) is 0. The quantitative estimate of drug-likeness (QED) is 0.704. The van der Waals surface area contributed by atoms with Crippen molar-refractivity contribution >= 4 is 56.9 Å². The second kappa shape index (κ2) is 7.48. The van der Waals surface area contributed by atoms with Gasteiger partial charge < -0.3 is 0 Å². The van der Waals surface area contributed by atoms with E-state index >= 15 is 0 Å². The number of rotatable bonds is 3. The summed E-state index contributed by atoms with van der Waals surface area (Å²) in [5, 5.41) is -0.117. The van der Waals surface area contributed by atoms with Crippen molar-refractivity contribution in [1.82, 2.24) is 0 Å². The van der Waals surface area contributed by atoms with Crippen LogP contribution in [0.25, 0.3) is 0 Å². The summed E-state index contributed by atoms with van der Waals surface area (Å²) in [5.41, 5.74) is 1.97. The lowest BCUT2D eigenvalue weighted by Crippen LogP contribution is -2.36. The van der Waals surface area contributed by atoms with Gasteiger partial charge in [0.15, 0.2) is 0 Å². The molecule has 0 saturated carbocycles. The lowest BCUT2D eigenvalue weighted by Gasteiger charge is -2.33. The van der Waals surface area contributed by atoms with Gasteiger partial charge in [0.1, 0.15) is 4.38 Å². The average molecular weight is 387 g/mol. The van der Waals surface area contributed by atoms with E-state index in [9.17, 15) is 4.79 Å². The smallest absolute Gasteiger partial charge is 0.245 e. The number of para-hydroxylation sites is 2. The number of nitrogens with zero attached hydrogens (tertiary/aromatic N) is 2. The third-order valence-electron chi connectivity index (χ3n) is 4.10. The highest BCUT2D eigenvalue weighted by Crippen LogP contribution is 2.48. The van der Waals surface area contributed by atoms with E-state index in [0.29, 0.717) is 0 Å². The molecule has 0 N–H and O–H groups in total. The number of fused-ring (bicyclic) bond motifs is 2. The highest BCUT2D eigenvalue weighted by molar-refractivity contribution is 8.39. The molecule has 4 rings (SSSR count). The number of anilines is 2. The maximum absolute atomic E-state index is 13.5. The zero-order valence-electron chi connectivity index (χ0n) is 13.8. The number of aliphatic imine (C=N–C) groups is 1. The maximum Gasteiger partial charge on any atom is 0.245 e. The minimum absolute atomic E-state index is 0.117. The molecule has 0 aromatic heterocycles. The second-order valence-corrected chi connectivity index (χ2v) is 9.34. The predicted molar refractivity (Wildman–Crippen MR) is 111 cm³/mol. The van der Waals surface area contributed by atoms with Gasteiger partial charge in [-0.05, 0) is 30.7 Å². The van der Waals surface area contributed by atoms with Crippen LogP contribution in [0.2, 0.25) is 0 Å². The van der Waals surface area contributed by atoms with E-state index in [0.717, 1.165) is 44.3 Å². The van der Waals surface area contributed by atoms with E-state index in [1.807, 2.05) is 41.3 Å². The summed E-state index contributed by atoms with van der Waals surface area (Å²) in [4.78, 5) is 22.1. The number of benzene rings is 2. The third-order valence-corrected chi connectivity index (χ3v) is 7.79. The van der Waals surface area contributed by atoms with Crippen LogP contribution in [-0.4, -0.2) is 27.8 Å². The first-order chi connectivity index (χ1) is 12.3. The van der Waals surface area contributed by atoms with E-state index in [2.05, 4.69) is 24.0 Å². The number of carbonyl (C=O) groups is 1. The van der Waals surface area contributed by atoms with Crippen molar-refractivity contribution in [3.05, 3.63) is 48.5 Å². The molecule has 0 radical (unpaired) electrons. The molecule has 2 aliphatic rings. The van der Waals surface area contributed by atoms with Crippen LogP contribution in [0.15, 0.2) is 63.3 Å². The van der Waals surface area contributed by atoms with Gasteiger partial charge in [-0.25, -0.2) is 0 Å². The molecule has 0 bridgehead atoms. The fraction of sp³-hybridized carbons (Fsp3) is 0.263. The molecular formula is C19H18N2OS3. The van der Waals surface area contributed by atoms with Crippen LogP contribution in [0.1, 0.15) is 13.3 Å². The molecule has 0 unspecified atom stereocenters. The summed E-state index contributed by atoms with van der Waals surface area (Å²) in [6.45, 7) is 2.94. The van der Waals surface area contributed by atoms with E-state index in [-0.39, 0.29) is 11.2 Å². The van der Waals surface area contributed by atoms with Gasteiger partial charge in [0.05, 0.1) is 23.2 Å². The first-order valence-electron chi connectivity index (χ1n) is 8.31. The molecule has 1 amide bonds. The van der Waals surface area contributed by atoms with Crippen molar-refractivity contribution in [3.8, 4) is 0 Å². The molecular weight excluding hydrogens is 368 g/mol. The normalized spacial score (nSPS) is 16.8. The molecule has 0 fully saturated rings. The molecule has 2 aromatic carbocycles. The molecule has 6 heteroatoms. The zero-order chi connectivity index (χ0) is 17.2. The number of thioether (sulfide) groups is 2. The standard InChI is InChI=1S/C19H18N2OS3/c1-2-15(25-19-20-11-12-23-19)18(22)21-13-7-3-5-9-16(13)24-17-10-6-4-8-14(17)21/h3-10,15H,2,11-12H2,1H3/t15-/m1/s1. The molecule has 0 saturated heterocycles. The van der Waals surface area contributed by atoms with Crippen molar-refractivity contribution in [2.75, 3.05) is 17.2 Å². The SMILES string of the molecule is CC[C@@H](SC1=NCCS1)C(=O)N1c2ccccc2Sc2ccccc21. The van der Waals surface area contributed by atoms with Gasteiger partial charge in [0, 0.05) is 15.5 Å². The van der Waals surface area contributed by atoms with Gasteiger partial charge in [-0.1, -0.05) is 66.5 Å². The van der Waals surface area contributed by atoms with Crippen LogP contribution in [-0.2, 0) is 4.79 Å². The summed E-state index contributed by atoms with van der Waals surface area (Å²) in [6.07, 6.45) is 0.789. The van der Waals surface area contributed by atoms with Crippen molar-refractivity contribution in [2.24, 2.45) is 4.99 Å². The van der Waals surface area contributed by atoms with Crippen molar-refractivity contribution in [1.29, 1.82) is 0 Å². The van der Waals surface area contributed by atoms with Crippen molar-refractivity contribution in [3.63, 3.8) is 0 Å². The first kappa shape index (κ1) is 17.1. The van der Waals surface area contributed by atoms with Gasteiger partial charge in [0.25, 0.3) is 0 Å². The largest absolute Gasteiger partial charge is 0.278 e. The summed E-state index contributed by atoms with van der Waals surface area (Å²) in [6, 6.07) is 16.3. The maximum atomic E-state index is 13.5. The van der Waals surface area contributed by atoms with Gasteiger partial charge in [0.2, 0.25) is 5.91 Å². The Bertz CT molecular complexity index is 791. The van der Waals surface area contributed by atoms with Gasteiger partial charge >= 0.3 is 0 Å². The van der Waals surface area contributed by atoms with Crippen LogP contribution in [0.4, 0.5) is 11.4 Å². The van der Waals surface area contributed by atoms with E-state index < -0.39 is 0 Å².